The first-order valence-corrected chi connectivity index (χ1v) is 6.20. The van der Waals surface area contributed by atoms with Crippen molar-refractivity contribution in [3.63, 3.8) is 0 Å². The van der Waals surface area contributed by atoms with E-state index >= 15 is 0 Å². The number of rotatable bonds is 3. The molecule has 106 valence electrons. The lowest BCUT2D eigenvalue weighted by molar-refractivity contribution is -0.118. The third kappa shape index (κ3) is 2.25. The van der Waals surface area contributed by atoms with Crippen molar-refractivity contribution in [2.24, 2.45) is 0 Å². The van der Waals surface area contributed by atoms with E-state index in [1.807, 2.05) is 0 Å². The number of nitrogens with one attached hydrogen (secondary N) is 1. The number of amides is 2. The molecule has 0 spiro atoms. The molecule has 0 unspecified atom stereocenters. The summed E-state index contributed by atoms with van der Waals surface area (Å²) in [6, 6.07) is 3.27. The van der Waals surface area contributed by atoms with Gasteiger partial charge in [-0.15, -0.1) is 0 Å². The van der Waals surface area contributed by atoms with Crippen LogP contribution in [-0.2, 0) is 9.53 Å². The average molecular weight is 279 g/mol. The van der Waals surface area contributed by atoms with Gasteiger partial charge in [0.1, 0.15) is 11.9 Å². The maximum absolute atomic E-state index is 11.8. The molecule has 0 bridgehead atoms. The molecule has 2 amide bonds. The molecule has 1 fully saturated rings. The summed E-state index contributed by atoms with van der Waals surface area (Å²) in [5.41, 5.74) is 0. The Morgan fingerprint density at radius 1 is 1.45 bits per heavy atom. The monoisotopic (exact) mass is 279 g/mol. The van der Waals surface area contributed by atoms with E-state index in [4.69, 9.17) is 14.6 Å². The summed E-state index contributed by atoms with van der Waals surface area (Å²) < 4.78 is 10.3. The van der Waals surface area contributed by atoms with Crippen LogP contribution in [0.15, 0.2) is 12.1 Å². The predicted molar refractivity (Wildman–Crippen MR) is 67.7 cm³/mol. The van der Waals surface area contributed by atoms with Gasteiger partial charge in [0, 0.05) is 13.0 Å². The standard InChI is InChI=1S/C12H13N3O5/c16-4-3-7-5-15(12(18)20-7)9-2-1-8-11(13-9)14-10(17)6-19-8/h1-2,7,16H,3-6H2,(H,13,14,17)/t7-/m1/s1. The van der Waals surface area contributed by atoms with Crippen molar-refractivity contribution >= 4 is 23.6 Å². The fourth-order valence-electron chi connectivity index (χ4n) is 2.11. The Morgan fingerprint density at radius 3 is 3.10 bits per heavy atom. The summed E-state index contributed by atoms with van der Waals surface area (Å²) in [6.45, 7) is 0.228. The summed E-state index contributed by atoms with van der Waals surface area (Å²) in [5.74, 6) is 0.842. The Kier molecular flexibility index (Phi) is 3.15. The van der Waals surface area contributed by atoms with Crippen LogP contribution in [-0.4, -0.2) is 48.0 Å². The van der Waals surface area contributed by atoms with Gasteiger partial charge in [0.15, 0.2) is 18.2 Å². The number of aromatic nitrogens is 1. The van der Waals surface area contributed by atoms with Gasteiger partial charge < -0.3 is 19.9 Å². The van der Waals surface area contributed by atoms with Gasteiger partial charge >= 0.3 is 6.09 Å². The molecule has 0 aliphatic carbocycles. The zero-order valence-corrected chi connectivity index (χ0v) is 10.5. The number of hydrogen-bond donors (Lipinski definition) is 2. The Bertz CT molecular complexity index is 562. The summed E-state index contributed by atoms with van der Waals surface area (Å²) in [5, 5.41) is 11.4. The number of anilines is 2. The topological polar surface area (TPSA) is 101 Å². The van der Waals surface area contributed by atoms with Crippen LogP contribution in [0.3, 0.4) is 0 Å². The summed E-state index contributed by atoms with van der Waals surface area (Å²) in [6.07, 6.45) is -0.484. The Labute approximate surface area is 114 Å². The van der Waals surface area contributed by atoms with Gasteiger partial charge in [-0.2, -0.15) is 0 Å². The molecule has 1 saturated heterocycles. The quantitative estimate of drug-likeness (QED) is 0.815. The minimum atomic E-state index is -0.515. The van der Waals surface area contributed by atoms with E-state index in [1.165, 1.54) is 4.90 Å². The summed E-state index contributed by atoms with van der Waals surface area (Å²) in [4.78, 5) is 28.6. The van der Waals surface area contributed by atoms with Gasteiger partial charge in [-0.05, 0) is 12.1 Å². The Balaban J connectivity index is 1.82. The van der Waals surface area contributed by atoms with Crippen molar-refractivity contribution in [1.29, 1.82) is 0 Å². The average Bonchev–Trinajstić information content (AvgIpc) is 2.79. The number of aliphatic hydroxyl groups is 1. The van der Waals surface area contributed by atoms with E-state index in [-0.39, 0.29) is 31.0 Å². The van der Waals surface area contributed by atoms with E-state index in [1.54, 1.807) is 12.1 Å². The third-order valence-corrected chi connectivity index (χ3v) is 3.06. The van der Waals surface area contributed by atoms with E-state index in [2.05, 4.69) is 10.3 Å². The maximum atomic E-state index is 11.8. The maximum Gasteiger partial charge on any atom is 0.415 e. The fraction of sp³-hybridized carbons (Fsp3) is 0.417. The van der Waals surface area contributed by atoms with Crippen LogP contribution in [0, 0.1) is 0 Å². The van der Waals surface area contributed by atoms with Crippen molar-refractivity contribution in [2.75, 3.05) is 30.0 Å². The molecule has 2 aliphatic heterocycles. The van der Waals surface area contributed by atoms with Gasteiger partial charge in [-0.3, -0.25) is 9.69 Å². The Morgan fingerprint density at radius 2 is 2.30 bits per heavy atom. The molecular formula is C12H13N3O5. The summed E-state index contributed by atoms with van der Waals surface area (Å²) >= 11 is 0. The molecule has 2 N–H and O–H groups in total. The minimum Gasteiger partial charge on any atom is -0.480 e. The van der Waals surface area contributed by atoms with E-state index in [0.717, 1.165) is 0 Å². The number of pyridine rings is 1. The van der Waals surface area contributed by atoms with Crippen molar-refractivity contribution in [2.45, 2.75) is 12.5 Å². The first-order valence-electron chi connectivity index (χ1n) is 6.20. The molecule has 8 nitrogen and oxygen atoms in total. The van der Waals surface area contributed by atoms with Crippen LogP contribution < -0.4 is 15.0 Å². The van der Waals surface area contributed by atoms with Crippen LogP contribution >= 0.6 is 0 Å². The van der Waals surface area contributed by atoms with E-state index < -0.39 is 6.09 Å². The SMILES string of the molecule is O=C1COc2ccc(N3C[C@@H](CCO)OC3=O)nc2N1. The molecule has 0 aromatic carbocycles. The Hall–Kier alpha value is -2.35. The lowest BCUT2D eigenvalue weighted by atomic mass is 10.2. The van der Waals surface area contributed by atoms with Crippen molar-refractivity contribution in [3.8, 4) is 5.75 Å². The van der Waals surface area contributed by atoms with Crippen LogP contribution in [0.1, 0.15) is 6.42 Å². The molecule has 3 heterocycles. The van der Waals surface area contributed by atoms with Crippen molar-refractivity contribution < 1.29 is 24.2 Å². The number of carbonyl (C=O) groups is 2. The van der Waals surface area contributed by atoms with Gasteiger partial charge in [0.2, 0.25) is 0 Å². The fourth-order valence-corrected chi connectivity index (χ4v) is 2.11. The van der Waals surface area contributed by atoms with E-state index in [0.29, 0.717) is 24.5 Å². The third-order valence-electron chi connectivity index (χ3n) is 3.06. The minimum absolute atomic E-state index is 0.0433. The van der Waals surface area contributed by atoms with Gasteiger partial charge in [0.05, 0.1) is 6.54 Å². The van der Waals surface area contributed by atoms with Crippen LogP contribution in [0.25, 0.3) is 0 Å². The number of ether oxygens (including phenoxy) is 2. The number of aliphatic hydroxyl groups excluding tert-OH is 1. The highest BCUT2D eigenvalue weighted by Crippen LogP contribution is 2.30. The molecule has 0 radical (unpaired) electrons. The van der Waals surface area contributed by atoms with Crippen LogP contribution in [0.4, 0.5) is 16.4 Å². The lowest BCUT2D eigenvalue weighted by Crippen LogP contribution is -2.29. The normalized spacial score (nSPS) is 21.1. The van der Waals surface area contributed by atoms with Crippen LogP contribution in [0.2, 0.25) is 0 Å². The second-order valence-corrected chi connectivity index (χ2v) is 4.48. The first kappa shape index (κ1) is 12.7. The number of cyclic esters (lactones) is 1. The largest absolute Gasteiger partial charge is 0.480 e. The van der Waals surface area contributed by atoms with Gasteiger partial charge in [0.25, 0.3) is 5.91 Å². The molecule has 0 saturated carbocycles. The van der Waals surface area contributed by atoms with Gasteiger partial charge in [-0.25, -0.2) is 9.78 Å². The molecule has 8 heteroatoms. The number of nitrogens with zero attached hydrogens (tertiary/aromatic N) is 2. The summed E-state index contributed by atoms with van der Waals surface area (Å²) in [7, 11) is 0. The zero-order chi connectivity index (χ0) is 14.1. The molecule has 3 rings (SSSR count). The van der Waals surface area contributed by atoms with Gasteiger partial charge in [-0.1, -0.05) is 0 Å². The molecule has 1 atom stereocenters. The molecule has 20 heavy (non-hydrogen) atoms. The molecule has 2 aliphatic rings. The molecular weight excluding hydrogens is 266 g/mol. The number of fused-ring (bicyclic) bond motifs is 1. The molecule has 1 aromatic heterocycles. The number of carbonyl (C=O) groups excluding carboxylic acids is 2. The van der Waals surface area contributed by atoms with Crippen LogP contribution in [0.5, 0.6) is 5.75 Å². The van der Waals surface area contributed by atoms with Crippen molar-refractivity contribution in [1.82, 2.24) is 4.98 Å². The highest BCUT2D eigenvalue weighted by Gasteiger charge is 2.33. The van der Waals surface area contributed by atoms with E-state index in [9.17, 15) is 9.59 Å². The smallest absolute Gasteiger partial charge is 0.415 e. The second-order valence-electron chi connectivity index (χ2n) is 4.48. The predicted octanol–water partition coefficient (Wildman–Crippen LogP) is 0.120. The molecule has 1 aromatic rings. The lowest BCUT2D eigenvalue weighted by Gasteiger charge is -2.19. The zero-order valence-electron chi connectivity index (χ0n) is 10.5. The second kappa shape index (κ2) is 4.97. The highest BCUT2D eigenvalue weighted by molar-refractivity contribution is 5.95. The number of hydrogen-bond acceptors (Lipinski definition) is 6. The van der Waals surface area contributed by atoms with Crippen molar-refractivity contribution in [3.05, 3.63) is 12.1 Å². The first-order chi connectivity index (χ1) is 9.67. The highest BCUT2D eigenvalue weighted by atomic mass is 16.6.